The zero-order valence-electron chi connectivity index (χ0n) is 15.5. The summed E-state index contributed by atoms with van der Waals surface area (Å²) in [6.07, 6.45) is 1.44. The molecule has 5 nitrogen and oxygen atoms in total. The highest BCUT2D eigenvalue weighted by molar-refractivity contribution is 5.44. The molecule has 0 radical (unpaired) electrons. The number of rotatable bonds is 9. The highest BCUT2D eigenvalue weighted by atomic mass is 16.7. The molecule has 0 bridgehead atoms. The number of fused-ring (bicyclic) bond motifs is 1. The third-order valence-electron chi connectivity index (χ3n) is 4.47. The van der Waals surface area contributed by atoms with Gasteiger partial charge in [0.2, 0.25) is 6.79 Å². The summed E-state index contributed by atoms with van der Waals surface area (Å²) >= 11 is 0. The Hall–Kier alpha value is -2.24. The molecule has 0 amide bonds. The summed E-state index contributed by atoms with van der Waals surface area (Å²) in [6, 6.07) is 14.1. The monoisotopic (exact) mass is 357 g/mol. The third-order valence-corrected chi connectivity index (χ3v) is 4.47. The van der Waals surface area contributed by atoms with Crippen LogP contribution in [0.3, 0.4) is 0 Å². The van der Waals surface area contributed by atoms with Gasteiger partial charge in [-0.2, -0.15) is 0 Å². The minimum atomic E-state index is -0.334. The van der Waals surface area contributed by atoms with Crippen LogP contribution < -0.4 is 14.2 Å². The van der Waals surface area contributed by atoms with Gasteiger partial charge in [0.1, 0.15) is 5.75 Å². The highest BCUT2D eigenvalue weighted by Crippen LogP contribution is 2.33. The van der Waals surface area contributed by atoms with E-state index < -0.39 is 0 Å². The van der Waals surface area contributed by atoms with Gasteiger partial charge >= 0.3 is 0 Å². The summed E-state index contributed by atoms with van der Waals surface area (Å²) in [4.78, 5) is 2.26. The smallest absolute Gasteiger partial charge is 0.231 e. The molecule has 140 valence electrons. The fraction of sp³-hybridized carbons (Fsp3) is 0.429. The number of methoxy groups -OCH3 is 1. The molecule has 0 unspecified atom stereocenters. The minimum Gasteiger partial charge on any atom is -0.497 e. The largest absolute Gasteiger partial charge is 0.497 e. The number of ether oxygens (including phenoxy) is 3. The molecule has 1 atom stereocenters. The number of nitrogens with zero attached hydrogens (tertiary/aromatic N) is 1. The molecule has 0 fully saturated rings. The van der Waals surface area contributed by atoms with Gasteiger partial charge < -0.3 is 19.3 Å². The second-order valence-electron chi connectivity index (χ2n) is 6.65. The second kappa shape index (κ2) is 8.92. The molecule has 0 aliphatic carbocycles. The Morgan fingerprint density at radius 3 is 2.62 bits per heavy atom. The van der Waals surface area contributed by atoms with Crippen LogP contribution >= 0.6 is 0 Å². The van der Waals surface area contributed by atoms with Crippen molar-refractivity contribution in [3.05, 3.63) is 53.6 Å². The van der Waals surface area contributed by atoms with Gasteiger partial charge in [-0.15, -0.1) is 0 Å². The zero-order chi connectivity index (χ0) is 18.4. The van der Waals surface area contributed by atoms with Crippen molar-refractivity contribution in [1.82, 2.24) is 4.90 Å². The molecular formula is C21H27NO4. The summed E-state index contributed by atoms with van der Waals surface area (Å²) in [5.74, 6) is 2.43. The van der Waals surface area contributed by atoms with Gasteiger partial charge in [0.05, 0.1) is 13.2 Å². The fourth-order valence-electron chi connectivity index (χ4n) is 3.23. The van der Waals surface area contributed by atoms with Crippen LogP contribution in [0.5, 0.6) is 17.2 Å². The van der Waals surface area contributed by atoms with E-state index in [0.717, 1.165) is 54.3 Å². The van der Waals surface area contributed by atoms with Gasteiger partial charge in [-0.1, -0.05) is 31.5 Å². The van der Waals surface area contributed by atoms with Crippen molar-refractivity contribution in [2.24, 2.45) is 0 Å². The maximum Gasteiger partial charge on any atom is 0.231 e. The minimum absolute atomic E-state index is 0.279. The van der Waals surface area contributed by atoms with Crippen LogP contribution in [-0.2, 0) is 13.1 Å². The first-order chi connectivity index (χ1) is 12.7. The van der Waals surface area contributed by atoms with E-state index in [4.69, 9.17) is 14.2 Å². The first-order valence-electron chi connectivity index (χ1n) is 9.09. The molecule has 3 rings (SSSR count). The molecule has 2 aromatic rings. The van der Waals surface area contributed by atoms with Crippen LogP contribution in [0.2, 0.25) is 0 Å². The fourth-order valence-corrected chi connectivity index (χ4v) is 3.23. The topological polar surface area (TPSA) is 51.2 Å². The zero-order valence-corrected chi connectivity index (χ0v) is 15.5. The van der Waals surface area contributed by atoms with Gasteiger partial charge in [0.15, 0.2) is 11.5 Å². The molecule has 0 spiro atoms. The van der Waals surface area contributed by atoms with E-state index in [1.807, 2.05) is 30.3 Å². The number of aliphatic hydroxyl groups excluding tert-OH is 1. The number of hydrogen-bond donors (Lipinski definition) is 1. The first kappa shape index (κ1) is 18.5. The summed E-state index contributed by atoms with van der Waals surface area (Å²) in [6.45, 7) is 4.47. The lowest BCUT2D eigenvalue weighted by atomic mass is 10.1. The molecule has 0 aromatic heterocycles. The average molecular weight is 357 g/mol. The maximum absolute atomic E-state index is 10.3. The average Bonchev–Trinajstić information content (AvgIpc) is 3.09. The van der Waals surface area contributed by atoms with Crippen molar-refractivity contribution in [2.75, 3.05) is 20.4 Å². The maximum atomic E-state index is 10.3. The molecule has 26 heavy (non-hydrogen) atoms. The molecule has 0 saturated carbocycles. The van der Waals surface area contributed by atoms with Gasteiger partial charge in [0, 0.05) is 19.6 Å². The number of benzene rings is 2. The van der Waals surface area contributed by atoms with E-state index >= 15 is 0 Å². The normalized spacial score (nSPS) is 13.8. The van der Waals surface area contributed by atoms with Crippen LogP contribution in [0.1, 0.15) is 30.9 Å². The summed E-state index contributed by atoms with van der Waals surface area (Å²) in [5.41, 5.74) is 2.30. The highest BCUT2D eigenvalue weighted by Gasteiger charge is 2.17. The Morgan fingerprint density at radius 1 is 1.08 bits per heavy atom. The van der Waals surface area contributed by atoms with Gasteiger partial charge in [-0.3, -0.25) is 4.90 Å². The lowest BCUT2D eigenvalue weighted by Crippen LogP contribution is -2.31. The molecule has 5 heteroatoms. The molecule has 1 heterocycles. The standard InChI is InChI=1S/C21H27NO4/c1-3-5-18(23)14-22(12-16-6-4-7-19(10-16)24-2)13-17-8-9-20-21(11-17)26-15-25-20/h4,6-11,18,23H,3,5,12-15H2,1-2H3/t18-/m1/s1. The van der Waals surface area contributed by atoms with E-state index in [9.17, 15) is 5.11 Å². The van der Waals surface area contributed by atoms with Crippen LogP contribution in [-0.4, -0.2) is 36.6 Å². The summed E-state index contributed by atoms with van der Waals surface area (Å²) in [7, 11) is 1.68. The van der Waals surface area contributed by atoms with Crippen molar-refractivity contribution in [2.45, 2.75) is 39.0 Å². The van der Waals surface area contributed by atoms with E-state index in [1.54, 1.807) is 7.11 Å². The lowest BCUT2D eigenvalue weighted by molar-refractivity contribution is 0.0970. The first-order valence-corrected chi connectivity index (χ1v) is 9.09. The summed E-state index contributed by atoms with van der Waals surface area (Å²) < 4.78 is 16.2. The second-order valence-corrected chi connectivity index (χ2v) is 6.65. The SMILES string of the molecule is CCC[C@@H](O)CN(Cc1cccc(OC)c1)Cc1ccc2c(c1)OCO2. The Morgan fingerprint density at radius 2 is 1.85 bits per heavy atom. The van der Waals surface area contributed by atoms with Crippen molar-refractivity contribution < 1.29 is 19.3 Å². The Balaban J connectivity index is 1.73. The molecule has 0 saturated heterocycles. The predicted molar refractivity (Wildman–Crippen MR) is 101 cm³/mol. The predicted octanol–water partition coefficient (Wildman–Crippen LogP) is 3.59. The van der Waals surface area contributed by atoms with Crippen LogP contribution in [0.25, 0.3) is 0 Å². The Kier molecular flexibility index (Phi) is 6.36. The van der Waals surface area contributed by atoms with Crippen LogP contribution in [0.4, 0.5) is 0 Å². The molecule has 2 aromatic carbocycles. The molecule has 1 aliphatic rings. The van der Waals surface area contributed by atoms with Crippen molar-refractivity contribution in [3.63, 3.8) is 0 Å². The lowest BCUT2D eigenvalue weighted by Gasteiger charge is -2.25. The van der Waals surface area contributed by atoms with Crippen LogP contribution in [0, 0.1) is 0 Å². The van der Waals surface area contributed by atoms with E-state index in [-0.39, 0.29) is 12.9 Å². The Bertz CT molecular complexity index is 719. The van der Waals surface area contributed by atoms with E-state index in [1.165, 1.54) is 0 Å². The van der Waals surface area contributed by atoms with Crippen LogP contribution in [0.15, 0.2) is 42.5 Å². The van der Waals surface area contributed by atoms with E-state index in [0.29, 0.717) is 6.54 Å². The van der Waals surface area contributed by atoms with Gasteiger partial charge in [-0.05, 0) is 41.8 Å². The number of hydrogen-bond acceptors (Lipinski definition) is 5. The van der Waals surface area contributed by atoms with Crippen molar-refractivity contribution in [3.8, 4) is 17.2 Å². The van der Waals surface area contributed by atoms with Gasteiger partial charge in [-0.25, -0.2) is 0 Å². The molecule has 1 N–H and O–H groups in total. The van der Waals surface area contributed by atoms with E-state index in [2.05, 4.69) is 24.0 Å². The molecular weight excluding hydrogens is 330 g/mol. The van der Waals surface area contributed by atoms with Crippen molar-refractivity contribution in [1.29, 1.82) is 0 Å². The third kappa shape index (κ3) is 4.90. The van der Waals surface area contributed by atoms with Crippen molar-refractivity contribution >= 4 is 0 Å². The molecule has 1 aliphatic heterocycles. The Labute approximate surface area is 155 Å². The number of aliphatic hydroxyl groups is 1. The quantitative estimate of drug-likeness (QED) is 0.743. The summed E-state index contributed by atoms with van der Waals surface area (Å²) in [5, 5.41) is 10.3. The van der Waals surface area contributed by atoms with Gasteiger partial charge in [0.25, 0.3) is 0 Å².